The van der Waals surface area contributed by atoms with E-state index in [1.165, 1.54) is 22.3 Å². The molecule has 0 saturated carbocycles. The zero-order valence-electron chi connectivity index (χ0n) is 85.6. The van der Waals surface area contributed by atoms with Gasteiger partial charge in [0.2, 0.25) is 5.24 Å². The Labute approximate surface area is 771 Å². The molecule has 0 radical (unpaired) electrons. The molecule has 8 atom stereocenters. The first kappa shape index (κ1) is 113. The molecule has 8 unspecified atom stereocenters. The number of benzene rings is 4. The summed E-state index contributed by atoms with van der Waals surface area (Å²) in [5, 5.41) is 15.9. The van der Waals surface area contributed by atoms with Crippen LogP contribution < -0.4 is 10.6 Å². The number of halogens is 1. The molecule has 0 saturated heterocycles. The minimum absolute atomic E-state index is 0.0581. The van der Waals surface area contributed by atoms with Gasteiger partial charge in [-0.25, -0.2) is 14.4 Å². The summed E-state index contributed by atoms with van der Waals surface area (Å²) in [6.07, 6.45) is -6.64. The van der Waals surface area contributed by atoms with Crippen LogP contribution in [0.25, 0.3) is 22.3 Å². The van der Waals surface area contributed by atoms with Gasteiger partial charge in [0.05, 0.1) is 43.2 Å². The summed E-state index contributed by atoms with van der Waals surface area (Å²) >= 11 is 4.87. The third-order valence-corrected chi connectivity index (χ3v) is 65.1. The Balaban J connectivity index is 0.000000493. The monoisotopic (exact) mass is 1890 g/mol. The van der Waals surface area contributed by atoms with Crippen LogP contribution in [0.3, 0.4) is 0 Å². The Morgan fingerprint density at radius 2 is 0.536 bits per heavy atom. The molecule has 2 aliphatic carbocycles. The van der Waals surface area contributed by atoms with E-state index in [1.54, 1.807) is 13.8 Å². The number of alkyl carbamates (subject to hydrolysis) is 2. The maximum atomic E-state index is 14.0. The van der Waals surface area contributed by atoms with Gasteiger partial charge in [0.1, 0.15) is 32.0 Å². The van der Waals surface area contributed by atoms with Gasteiger partial charge in [0.25, 0.3) is 0 Å². The van der Waals surface area contributed by atoms with Crippen LogP contribution in [-0.4, -0.2) is 183 Å². The summed E-state index contributed by atoms with van der Waals surface area (Å²) in [6.45, 7) is 99.5. The summed E-state index contributed by atoms with van der Waals surface area (Å²) in [7, 11) is -20.4. The van der Waals surface area contributed by atoms with E-state index in [0.29, 0.717) is 11.1 Å². The quantitative estimate of drug-likeness (QED) is 0.0128. The molecular formula is C98H171ClN2O16Si8. The van der Waals surface area contributed by atoms with Crippen LogP contribution in [0.4, 0.5) is 9.59 Å². The van der Waals surface area contributed by atoms with E-state index in [1.807, 2.05) is 36.4 Å². The predicted molar refractivity (Wildman–Crippen MR) is 541 cm³/mol. The standard InChI is InChI=1S/C49H85NO8Si4.C45H81NO7Si4.C4H5ClO/c1-34(2)44(51)53-33-41(56-60(17,18)47(6,7)8)43(58-62(21,22)49(12,13)14)42(57-61(19,20)48(9,10)11)40(55-59(15,16)46(3,4)5)31-50-45(52)54-32-39-37-29-25-23-27-35(37)36-28-24-26-30-38(36)39;1-42(2,3)54(13,14)50-37(29-46-41(48)49-31-36-34-27-23-21-25-32(34)33-26-22-24-28-35(33)36)39(52-56(17,18)44(7,8)9)40(53-57(19,20)45(10,11)12)38(30-47)51-55(15,16)43(4,5)6;1-3(2)4(5)6/h23-30,39-43H,1,31-33H2,2-22H3,(H,50,52);21-28,36-40,47H,29-31H2,1-20H3,(H,46,48);1H2,2H3. The lowest BCUT2D eigenvalue weighted by Crippen LogP contribution is -2.64. The van der Waals surface area contributed by atoms with Crippen molar-refractivity contribution in [1.82, 2.24) is 10.6 Å². The van der Waals surface area contributed by atoms with E-state index in [-0.39, 0.29) is 91.7 Å². The van der Waals surface area contributed by atoms with Crippen molar-refractivity contribution in [3.8, 4) is 22.3 Å². The summed E-state index contributed by atoms with van der Waals surface area (Å²) in [4.78, 5) is 50.9. The average Bonchev–Trinajstić information content (AvgIpc) is 1.15. The molecule has 0 bridgehead atoms. The van der Waals surface area contributed by atoms with Crippen molar-refractivity contribution in [3.05, 3.63) is 144 Å². The molecular weight excluding hydrogens is 1720 g/mol. The highest BCUT2D eigenvalue weighted by Gasteiger charge is 2.57. The lowest BCUT2D eigenvalue weighted by atomic mass is 9.98. The number of rotatable bonds is 35. The largest absolute Gasteiger partial charge is 0.460 e. The number of aliphatic hydroxyl groups is 1. The van der Waals surface area contributed by atoms with Gasteiger partial charge in [-0.3, -0.25) is 4.79 Å². The Bertz CT molecular complexity index is 4160. The smallest absolute Gasteiger partial charge is 0.407 e. The van der Waals surface area contributed by atoms with Gasteiger partial charge in [0.15, 0.2) is 66.5 Å². The first-order valence-corrected chi connectivity index (χ1v) is 68.8. The number of nitrogens with one attached hydrogen (secondary N) is 2. The van der Waals surface area contributed by atoms with Crippen molar-refractivity contribution >= 4 is 102 Å². The first-order valence-electron chi connectivity index (χ1n) is 45.1. The Morgan fingerprint density at radius 1 is 0.336 bits per heavy atom. The highest BCUT2D eigenvalue weighted by Crippen LogP contribution is 2.51. The van der Waals surface area contributed by atoms with Crippen molar-refractivity contribution in [2.24, 2.45) is 0 Å². The lowest BCUT2D eigenvalue weighted by molar-refractivity contribution is -0.147. The maximum absolute atomic E-state index is 14.0. The summed E-state index contributed by atoms with van der Waals surface area (Å²) in [5.41, 5.74) is 10.0. The van der Waals surface area contributed by atoms with Crippen LogP contribution in [0.1, 0.15) is 214 Å². The number of ether oxygens (including phenoxy) is 3. The molecule has 0 spiro atoms. The summed E-state index contributed by atoms with van der Waals surface area (Å²) in [6, 6.07) is 33.4. The molecule has 708 valence electrons. The van der Waals surface area contributed by atoms with E-state index >= 15 is 0 Å². The third kappa shape index (κ3) is 30.1. The van der Waals surface area contributed by atoms with E-state index < -0.39 is 139 Å². The topological polar surface area (TPSA) is 214 Å². The predicted octanol–water partition coefficient (Wildman–Crippen LogP) is 26.6. The fourth-order valence-corrected chi connectivity index (χ4v) is 23.1. The molecule has 6 rings (SSSR count). The van der Waals surface area contributed by atoms with E-state index in [0.717, 1.165) is 22.3 Å². The Hall–Kier alpha value is -4.29. The molecule has 4 aromatic rings. The van der Waals surface area contributed by atoms with E-state index in [9.17, 15) is 24.3 Å². The van der Waals surface area contributed by atoms with Crippen LogP contribution in [0.5, 0.6) is 0 Å². The molecule has 125 heavy (non-hydrogen) atoms. The molecule has 2 amide bonds. The van der Waals surface area contributed by atoms with Gasteiger partial charge >= 0.3 is 18.2 Å². The normalized spacial score (nSPS) is 16.3. The fraction of sp³-hybridized carbons (Fsp3) is 0.673. The number of fused-ring (bicyclic) bond motifs is 6. The number of carbonyl (C=O) groups excluding carboxylic acids is 4. The number of esters is 1. The van der Waals surface area contributed by atoms with Gasteiger partial charge in [-0.2, -0.15) is 0 Å². The Kier molecular flexibility index (Phi) is 38.6. The molecule has 0 aliphatic heterocycles. The minimum atomic E-state index is -2.64. The van der Waals surface area contributed by atoms with Gasteiger partial charge in [-0.15, -0.1) is 0 Å². The van der Waals surface area contributed by atoms with E-state index in [2.05, 4.69) is 355 Å². The fourth-order valence-electron chi connectivity index (χ4n) is 12.5. The van der Waals surface area contributed by atoms with E-state index in [4.69, 9.17) is 61.2 Å². The van der Waals surface area contributed by atoms with Crippen molar-refractivity contribution in [2.75, 3.05) is 39.5 Å². The molecule has 0 fully saturated rings. The molecule has 18 nitrogen and oxygen atoms in total. The Morgan fingerprint density at radius 3 is 0.752 bits per heavy atom. The number of carbonyl (C=O) groups is 4. The van der Waals surface area contributed by atoms with Crippen molar-refractivity contribution in [3.63, 3.8) is 0 Å². The molecule has 4 aromatic carbocycles. The highest BCUT2D eigenvalue weighted by atomic mass is 35.5. The second kappa shape index (κ2) is 42.7. The molecule has 3 N–H and O–H groups in total. The number of hydrogen-bond acceptors (Lipinski definition) is 16. The van der Waals surface area contributed by atoms with Crippen LogP contribution >= 0.6 is 11.6 Å². The minimum Gasteiger partial charge on any atom is -0.460 e. The zero-order valence-corrected chi connectivity index (χ0v) is 94.4. The lowest BCUT2D eigenvalue weighted by Gasteiger charge is -2.51. The molecule has 0 aromatic heterocycles. The number of aliphatic hydroxyl groups excluding tert-OH is 1. The van der Waals surface area contributed by atoms with Crippen molar-refractivity contribution in [2.45, 2.75) is 386 Å². The number of allylic oxidation sites excluding steroid dienone is 1. The summed E-state index contributed by atoms with van der Waals surface area (Å²) < 4.78 is 77.9. The number of amides is 2. The third-order valence-electron chi connectivity index (χ3n) is 28.9. The van der Waals surface area contributed by atoms with Gasteiger partial charge in [0, 0.05) is 36.1 Å². The first-order chi connectivity index (χ1) is 56.3. The summed E-state index contributed by atoms with van der Waals surface area (Å²) in [5.74, 6) is -0.635. The second-order valence-corrected chi connectivity index (χ2v) is 85.5. The van der Waals surface area contributed by atoms with Crippen LogP contribution in [0, 0.1) is 0 Å². The highest BCUT2D eigenvalue weighted by molar-refractivity contribution is 6.77. The molecule has 0 heterocycles. The zero-order chi connectivity index (χ0) is 96.6. The van der Waals surface area contributed by atoms with Crippen molar-refractivity contribution in [1.29, 1.82) is 0 Å². The van der Waals surface area contributed by atoms with Gasteiger partial charge in [-0.05, 0) is 215 Å². The second-order valence-electron chi connectivity index (χ2n) is 47.1. The number of hydrogen-bond donors (Lipinski definition) is 3. The SMILES string of the molecule is C=C(C)C(=O)Cl.C=C(C)C(=O)OCC(O[Si](C)(C)C(C)(C)C)C(O[Si](C)(C)C(C)(C)C)C(O[Si](C)(C)C(C)(C)C)C(CNC(=O)OCC1c2ccccc2-c2ccccc21)O[Si](C)(C)C(C)(C)C.CC(C)(C)[Si](C)(C)OC(CO)C(O[Si](C)(C)C(C)(C)C)C(O[Si](C)(C)C(C)(C)C)C(CNC(=O)OCC1c2ccccc2-c2ccccc21)O[Si](C)(C)C(C)(C)C. The van der Waals surface area contributed by atoms with Crippen LogP contribution in [0.15, 0.2) is 121 Å². The molecule has 27 heteroatoms. The van der Waals surface area contributed by atoms with Gasteiger partial charge in [-0.1, -0.05) is 276 Å². The molecule has 2 aliphatic rings. The van der Waals surface area contributed by atoms with Crippen LogP contribution in [-0.2, 0) is 59.2 Å². The average molecular weight is 1890 g/mol. The maximum Gasteiger partial charge on any atom is 0.407 e. The van der Waals surface area contributed by atoms with Crippen LogP contribution in [0.2, 0.25) is 145 Å². The van der Waals surface area contributed by atoms with Crippen molar-refractivity contribution < 1.29 is 73.9 Å². The van der Waals surface area contributed by atoms with Gasteiger partial charge < -0.3 is 65.4 Å².